The van der Waals surface area contributed by atoms with Gasteiger partial charge in [-0.25, -0.2) is 9.97 Å². The number of hydrogen-bond donors (Lipinski definition) is 1. The molecule has 0 atom stereocenters. The molecule has 4 heteroatoms. The predicted molar refractivity (Wildman–Crippen MR) is 58.4 cm³/mol. The van der Waals surface area contributed by atoms with Crippen LogP contribution < -0.4 is 5.32 Å². The van der Waals surface area contributed by atoms with Crippen LogP contribution in [0.1, 0.15) is 11.4 Å². The minimum Gasteiger partial charge on any atom is -0.353 e. The summed E-state index contributed by atoms with van der Waals surface area (Å²) < 4.78 is 0. The van der Waals surface area contributed by atoms with E-state index in [1.54, 1.807) is 0 Å². The van der Waals surface area contributed by atoms with E-state index in [0.29, 0.717) is 0 Å². The van der Waals surface area contributed by atoms with Crippen LogP contribution in [-0.2, 0) is 0 Å². The lowest BCUT2D eigenvalue weighted by atomic mass is 10.4. The fraction of sp³-hybridized carbons (Fsp3) is 0.556. The molecule has 1 aromatic heterocycles. The zero-order valence-electron chi connectivity index (χ0n) is 8.29. The third-order valence-electron chi connectivity index (χ3n) is 1.57. The zero-order chi connectivity index (χ0) is 9.68. The van der Waals surface area contributed by atoms with Gasteiger partial charge in [-0.2, -0.15) is 11.8 Å². The van der Waals surface area contributed by atoms with E-state index in [4.69, 9.17) is 0 Å². The Labute approximate surface area is 83.4 Å². The Bertz CT molecular complexity index is 255. The Hall–Kier alpha value is -0.770. The molecule has 0 spiro atoms. The summed E-state index contributed by atoms with van der Waals surface area (Å²) >= 11 is 1.81. The molecule has 1 aromatic rings. The second-order valence-corrected chi connectivity index (χ2v) is 3.88. The van der Waals surface area contributed by atoms with E-state index in [2.05, 4.69) is 21.5 Å². The molecule has 0 fully saturated rings. The molecule has 72 valence electrons. The van der Waals surface area contributed by atoms with Crippen LogP contribution >= 0.6 is 11.8 Å². The molecular weight excluding hydrogens is 182 g/mol. The molecule has 3 nitrogen and oxygen atoms in total. The molecule has 1 N–H and O–H groups in total. The number of aryl methyl sites for hydroxylation is 2. The van der Waals surface area contributed by atoms with Crippen molar-refractivity contribution in [3.05, 3.63) is 17.5 Å². The second-order valence-electron chi connectivity index (χ2n) is 2.89. The highest BCUT2D eigenvalue weighted by molar-refractivity contribution is 7.98. The van der Waals surface area contributed by atoms with E-state index in [1.807, 2.05) is 31.7 Å². The molecule has 0 aliphatic carbocycles. The molecule has 1 heterocycles. The number of hydrogen-bond acceptors (Lipinski definition) is 4. The molecule has 0 aromatic carbocycles. The Morgan fingerprint density at radius 3 is 2.46 bits per heavy atom. The van der Waals surface area contributed by atoms with Gasteiger partial charge in [0.1, 0.15) is 0 Å². The van der Waals surface area contributed by atoms with Gasteiger partial charge in [0.15, 0.2) is 0 Å². The maximum atomic E-state index is 4.27. The van der Waals surface area contributed by atoms with Crippen LogP contribution in [0.5, 0.6) is 0 Å². The molecule has 1 rings (SSSR count). The molecule has 0 saturated carbocycles. The summed E-state index contributed by atoms with van der Waals surface area (Å²) in [5.41, 5.74) is 2.03. The summed E-state index contributed by atoms with van der Waals surface area (Å²) in [6, 6.07) is 1.97. The molecule has 0 bridgehead atoms. The smallest absolute Gasteiger partial charge is 0.223 e. The van der Waals surface area contributed by atoms with Crippen LogP contribution in [0.2, 0.25) is 0 Å². The summed E-state index contributed by atoms with van der Waals surface area (Å²) in [4.78, 5) is 8.55. The third kappa shape index (κ3) is 3.63. The molecule has 0 amide bonds. The van der Waals surface area contributed by atoms with E-state index < -0.39 is 0 Å². The number of nitrogens with one attached hydrogen (secondary N) is 1. The largest absolute Gasteiger partial charge is 0.353 e. The first-order valence-corrected chi connectivity index (χ1v) is 5.67. The van der Waals surface area contributed by atoms with E-state index >= 15 is 0 Å². The van der Waals surface area contributed by atoms with Gasteiger partial charge in [-0.15, -0.1) is 0 Å². The molecule has 0 radical (unpaired) electrons. The standard InChI is InChI=1S/C9H15N3S/c1-7-6-8(2)12-9(11-7)10-4-5-13-3/h6H,4-5H2,1-3H3,(H,10,11,12). The predicted octanol–water partition coefficient (Wildman–Crippen LogP) is 1.87. The van der Waals surface area contributed by atoms with E-state index in [9.17, 15) is 0 Å². The van der Waals surface area contributed by atoms with Crippen molar-refractivity contribution >= 4 is 17.7 Å². The summed E-state index contributed by atoms with van der Waals surface area (Å²) in [5.74, 6) is 1.82. The van der Waals surface area contributed by atoms with Crippen molar-refractivity contribution in [2.24, 2.45) is 0 Å². The van der Waals surface area contributed by atoms with Crippen molar-refractivity contribution in [2.75, 3.05) is 23.9 Å². The maximum Gasteiger partial charge on any atom is 0.223 e. The van der Waals surface area contributed by atoms with Gasteiger partial charge in [0.2, 0.25) is 5.95 Å². The van der Waals surface area contributed by atoms with Gasteiger partial charge < -0.3 is 5.32 Å². The van der Waals surface area contributed by atoms with E-state index in [1.165, 1.54) is 0 Å². The highest BCUT2D eigenvalue weighted by Gasteiger charge is 1.97. The zero-order valence-corrected chi connectivity index (χ0v) is 9.11. The van der Waals surface area contributed by atoms with Crippen molar-refractivity contribution in [3.8, 4) is 0 Å². The molecule has 0 aliphatic heterocycles. The molecule has 0 aliphatic rings. The highest BCUT2D eigenvalue weighted by Crippen LogP contribution is 2.03. The third-order valence-corrected chi connectivity index (χ3v) is 2.18. The van der Waals surface area contributed by atoms with Gasteiger partial charge in [0, 0.05) is 23.7 Å². The average Bonchev–Trinajstić information content (AvgIpc) is 2.03. The lowest BCUT2D eigenvalue weighted by molar-refractivity contribution is 1.02. The first kappa shape index (κ1) is 10.3. The molecule has 0 saturated heterocycles. The van der Waals surface area contributed by atoms with Crippen molar-refractivity contribution < 1.29 is 0 Å². The average molecular weight is 197 g/mol. The normalized spacial score (nSPS) is 10.1. The van der Waals surface area contributed by atoms with Gasteiger partial charge in [-0.05, 0) is 26.2 Å². The number of anilines is 1. The molecular formula is C9H15N3S. The van der Waals surface area contributed by atoms with Crippen LogP contribution in [0, 0.1) is 13.8 Å². The van der Waals surface area contributed by atoms with Crippen molar-refractivity contribution in [2.45, 2.75) is 13.8 Å². The number of rotatable bonds is 4. The SMILES string of the molecule is CSCCNc1nc(C)cc(C)n1. The highest BCUT2D eigenvalue weighted by atomic mass is 32.2. The van der Waals surface area contributed by atoms with E-state index in [-0.39, 0.29) is 0 Å². The number of aromatic nitrogens is 2. The van der Waals surface area contributed by atoms with E-state index in [0.717, 1.165) is 29.6 Å². The first-order chi connectivity index (χ1) is 6.22. The lowest BCUT2D eigenvalue weighted by Crippen LogP contribution is -2.08. The van der Waals surface area contributed by atoms with Crippen LogP contribution in [0.4, 0.5) is 5.95 Å². The van der Waals surface area contributed by atoms with Gasteiger partial charge in [0.25, 0.3) is 0 Å². The number of nitrogens with zero attached hydrogens (tertiary/aromatic N) is 2. The summed E-state index contributed by atoms with van der Waals surface area (Å²) in [7, 11) is 0. The van der Waals surface area contributed by atoms with Crippen molar-refractivity contribution in [1.29, 1.82) is 0 Å². The topological polar surface area (TPSA) is 37.8 Å². The van der Waals surface area contributed by atoms with Gasteiger partial charge >= 0.3 is 0 Å². The number of thioether (sulfide) groups is 1. The van der Waals surface area contributed by atoms with Gasteiger partial charge in [-0.1, -0.05) is 0 Å². The monoisotopic (exact) mass is 197 g/mol. The summed E-state index contributed by atoms with van der Waals surface area (Å²) in [6.07, 6.45) is 2.09. The minimum atomic E-state index is 0.742. The first-order valence-electron chi connectivity index (χ1n) is 4.27. The quantitative estimate of drug-likeness (QED) is 0.748. The second kappa shape index (κ2) is 5.07. The molecule has 0 unspecified atom stereocenters. The fourth-order valence-electron chi connectivity index (χ4n) is 1.07. The van der Waals surface area contributed by atoms with Crippen LogP contribution in [0.3, 0.4) is 0 Å². The Morgan fingerprint density at radius 1 is 1.31 bits per heavy atom. The maximum absolute atomic E-state index is 4.27. The summed E-state index contributed by atoms with van der Waals surface area (Å²) in [5, 5.41) is 3.18. The van der Waals surface area contributed by atoms with Crippen LogP contribution in [0.25, 0.3) is 0 Å². The fourth-order valence-corrected chi connectivity index (χ4v) is 1.38. The Balaban J connectivity index is 2.56. The Morgan fingerprint density at radius 2 is 1.92 bits per heavy atom. The van der Waals surface area contributed by atoms with Crippen molar-refractivity contribution in [1.82, 2.24) is 9.97 Å². The minimum absolute atomic E-state index is 0.742. The molecule has 13 heavy (non-hydrogen) atoms. The van der Waals surface area contributed by atoms with Crippen molar-refractivity contribution in [3.63, 3.8) is 0 Å². The lowest BCUT2D eigenvalue weighted by Gasteiger charge is -2.04. The van der Waals surface area contributed by atoms with Crippen LogP contribution in [0.15, 0.2) is 6.07 Å². The summed E-state index contributed by atoms with van der Waals surface area (Å²) in [6.45, 7) is 4.88. The van der Waals surface area contributed by atoms with Crippen LogP contribution in [-0.4, -0.2) is 28.5 Å². The van der Waals surface area contributed by atoms with Gasteiger partial charge in [-0.3, -0.25) is 0 Å². The Kier molecular flexibility index (Phi) is 4.02. The van der Waals surface area contributed by atoms with Gasteiger partial charge in [0.05, 0.1) is 0 Å².